The highest BCUT2D eigenvalue weighted by molar-refractivity contribution is 7.15. The fraction of sp³-hybridized carbons (Fsp3) is 0.222. The van der Waals surface area contributed by atoms with Gasteiger partial charge in [-0.25, -0.2) is 0 Å². The van der Waals surface area contributed by atoms with Crippen molar-refractivity contribution in [3.8, 4) is 0 Å². The Labute approximate surface area is 155 Å². The van der Waals surface area contributed by atoms with E-state index in [0.29, 0.717) is 0 Å². The minimum absolute atomic E-state index is 0.0497. The first kappa shape index (κ1) is 16.5. The molecule has 4 aromatic rings. The molecule has 0 aliphatic rings. The second-order valence-corrected chi connectivity index (χ2v) is 7.06. The van der Waals surface area contributed by atoms with Crippen molar-refractivity contribution in [2.24, 2.45) is 0 Å². The van der Waals surface area contributed by atoms with Crippen LogP contribution in [0.3, 0.4) is 0 Å². The molecule has 7 nitrogen and oxygen atoms in total. The SMILES string of the molecule is Cc1ccnn1[C@H](C)c1nnc(Nc2ccn(Cc3ccccc3)n2)s1. The minimum Gasteiger partial charge on any atom is -0.313 e. The largest absolute Gasteiger partial charge is 0.313 e. The van der Waals surface area contributed by atoms with E-state index in [0.717, 1.165) is 28.2 Å². The maximum absolute atomic E-state index is 4.55. The molecule has 0 amide bonds. The van der Waals surface area contributed by atoms with E-state index in [1.165, 1.54) is 16.9 Å². The fourth-order valence-corrected chi connectivity index (χ4v) is 3.53. The average Bonchev–Trinajstić information content (AvgIpc) is 3.38. The summed E-state index contributed by atoms with van der Waals surface area (Å²) in [5, 5.41) is 22.3. The van der Waals surface area contributed by atoms with Crippen LogP contribution in [0.15, 0.2) is 54.9 Å². The van der Waals surface area contributed by atoms with Crippen molar-refractivity contribution in [3.05, 3.63) is 71.1 Å². The zero-order chi connectivity index (χ0) is 17.9. The molecule has 3 heterocycles. The summed E-state index contributed by atoms with van der Waals surface area (Å²) in [4.78, 5) is 0. The fourth-order valence-electron chi connectivity index (χ4n) is 2.74. The lowest BCUT2D eigenvalue weighted by Gasteiger charge is -2.10. The molecule has 0 spiro atoms. The Balaban J connectivity index is 1.44. The molecule has 1 atom stereocenters. The molecule has 0 aliphatic carbocycles. The minimum atomic E-state index is 0.0497. The highest BCUT2D eigenvalue weighted by Crippen LogP contribution is 2.26. The van der Waals surface area contributed by atoms with Crippen LogP contribution in [0.4, 0.5) is 10.9 Å². The third kappa shape index (κ3) is 3.50. The van der Waals surface area contributed by atoms with E-state index < -0.39 is 0 Å². The number of nitrogens with zero attached hydrogens (tertiary/aromatic N) is 6. The molecule has 0 saturated heterocycles. The van der Waals surface area contributed by atoms with E-state index in [4.69, 9.17) is 0 Å². The summed E-state index contributed by atoms with van der Waals surface area (Å²) in [6, 6.07) is 14.2. The average molecular weight is 365 g/mol. The quantitative estimate of drug-likeness (QED) is 0.565. The Morgan fingerprint density at radius 2 is 1.96 bits per heavy atom. The van der Waals surface area contributed by atoms with Crippen LogP contribution in [-0.4, -0.2) is 29.8 Å². The van der Waals surface area contributed by atoms with E-state index in [1.807, 2.05) is 52.8 Å². The summed E-state index contributed by atoms with van der Waals surface area (Å²) in [7, 11) is 0. The van der Waals surface area contributed by atoms with Gasteiger partial charge in [-0.15, -0.1) is 10.2 Å². The molecule has 0 radical (unpaired) electrons. The van der Waals surface area contributed by atoms with Gasteiger partial charge in [0, 0.05) is 24.2 Å². The van der Waals surface area contributed by atoms with Gasteiger partial charge in [-0.05, 0) is 25.5 Å². The van der Waals surface area contributed by atoms with Gasteiger partial charge in [0.15, 0.2) is 5.82 Å². The van der Waals surface area contributed by atoms with Gasteiger partial charge in [0.2, 0.25) is 5.13 Å². The van der Waals surface area contributed by atoms with Crippen LogP contribution in [-0.2, 0) is 6.54 Å². The molecule has 26 heavy (non-hydrogen) atoms. The van der Waals surface area contributed by atoms with Crippen molar-refractivity contribution in [1.82, 2.24) is 29.8 Å². The van der Waals surface area contributed by atoms with Crippen LogP contribution in [0.5, 0.6) is 0 Å². The van der Waals surface area contributed by atoms with Gasteiger partial charge in [-0.3, -0.25) is 9.36 Å². The van der Waals surface area contributed by atoms with Crippen LogP contribution in [0.1, 0.15) is 29.2 Å². The van der Waals surface area contributed by atoms with Crippen molar-refractivity contribution in [1.29, 1.82) is 0 Å². The van der Waals surface area contributed by atoms with Crippen LogP contribution < -0.4 is 5.32 Å². The number of hydrogen-bond acceptors (Lipinski definition) is 6. The molecule has 1 aromatic carbocycles. The van der Waals surface area contributed by atoms with Gasteiger partial charge in [-0.1, -0.05) is 41.7 Å². The molecule has 0 bridgehead atoms. The molecule has 4 rings (SSSR count). The van der Waals surface area contributed by atoms with Gasteiger partial charge in [0.1, 0.15) is 11.0 Å². The lowest BCUT2D eigenvalue weighted by molar-refractivity contribution is 0.543. The zero-order valence-corrected chi connectivity index (χ0v) is 15.4. The second-order valence-electron chi connectivity index (χ2n) is 6.05. The van der Waals surface area contributed by atoms with Gasteiger partial charge in [0.25, 0.3) is 0 Å². The van der Waals surface area contributed by atoms with E-state index in [2.05, 4.69) is 44.8 Å². The standard InChI is InChI=1S/C18H19N7S/c1-13-8-10-19-25(13)14(2)17-21-22-18(26-17)20-16-9-11-24(23-16)12-15-6-4-3-5-7-15/h3-11,14H,12H2,1-2H3,(H,20,22,23)/t14-/m1/s1. The van der Waals surface area contributed by atoms with Crippen LogP contribution in [0.2, 0.25) is 0 Å². The Hall–Kier alpha value is -3.00. The van der Waals surface area contributed by atoms with Gasteiger partial charge >= 0.3 is 0 Å². The molecule has 8 heteroatoms. The number of rotatable bonds is 6. The number of aryl methyl sites for hydroxylation is 1. The summed E-state index contributed by atoms with van der Waals surface area (Å²) >= 11 is 1.51. The first-order chi connectivity index (χ1) is 12.7. The summed E-state index contributed by atoms with van der Waals surface area (Å²) in [6.07, 6.45) is 3.75. The molecule has 0 fully saturated rings. The van der Waals surface area contributed by atoms with Crippen LogP contribution >= 0.6 is 11.3 Å². The summed E-state index contributed by atoms with van der Waals surface area (Å²) < 4.78 is 3.84. The van der Waals surface area contributed by atoms with Crippen molar-refractivity contribution in [2.45, 2.75) is 26.4 Å². The first-order valence-electron chi connectivity index (χ1n) is 8.37. The number of anilines is 2. The zero-order valence-electron chi connectivity index (χ0n) is 14.6. The third-order valence-corrected chi connectivity index (χ3v) is 5.11. The van der Waals surface area contributed by atoms with Crippen molar-refractivity contribution in [2.75, 3.05) is 5.32 Å². The van der Waals surface area contributed by atoms with Crippen LogP contribution in [0.25, 0.3) is 0 Å². The Bertz CT molecular complexity index is 986. The van der Waals surface area contributed by atoms with Gasteiger partial charge < -0.3 is 5.32 Å². The number of nitrogens with one attached hydrogen (secondary N) is 1. The predicted molar refractivity (Wildman–Crippen MR) is 102 cm³/mol. The molecule has 132 valence electrons. The molecule has 3 aromatic heterocycles. The summed E-state index contributed by atoms with van der Waals surface area (Å²) in [5.74, 6) is 0.756. The highest BCUT2D eigenvalue weighted by Gasteiger charge is 2.16. The topological polar surface area (TPSA) is 73.5 Å². The Kier molecular flexibility index (Phi) is 4.49. The number of aromatic nitrogens is 6. The normalized spacial score (nSPS) is 12.2. The Morgan fingerprint density at radius 1 is 1.12 bits per heavy atom. The van der Waals surface area contributed by atoms with Gasteiger partial charge in [-0.2, -0.15) is 10.2 Å². The molecular weight excluding hydrogens is 346 g/mol. The third-order valence-electron chi connectivity index (χ3n) is 4.10. The maximum Gasteiger partial charge on any atom is 0.211 e. The first-order valence-corrected chi connectivity index (χ1v) is 9.18. The monoisotopic (exact) mass is 365 g/mol. The lowest BCUT2D eigenvalue weighted by atomic mass is 10.2. The summed E-state index contributed by atoms with van der Waals surface area (Å²) in [6.45, 7) is 4.83. The van der Waals surface area contributed by atoms with Crippen LogP contribution in [0, 0.1) is 6.92 Å². The highest BCUT2D eigenvalue weighted by atomic mass is 32.1. The smallest absolute Gasteiger partial charge is 0.211 e. The molecule has 0 aliphatic heterocycles. The van der Waals surface area contributed by atoms with E-state index >= 15 is 0 Å². The molecule has 0 unspecified atom stereocenters. The van der Waals surface area contributed by atoms with Crippen molar-refractivity contribution < 1.29 is 0 Å². The lowest BCUT2D eigenvalue weighted by Crippen LogP contribution is -2.09. The Morgan fingerprint density at radius 3 is 2.73 bits per heavy atom. The maximum atomic E-state index is 4.55. The van der Waals surface area contributed by atoms with E-state index in [-0.39, 0.29) is 6.04 Å². The molecule has 0 saturated carbocycles. The van der Waals surface area contributed by atoms with E-state index in [1.54, 1.807) is 6.20 Å². The van der Waals surface area contributed by atoms with Gasteiger partial charge in [0.05, 0.1) is 6.54 Å². The van der Waals surface area contributed by atoms with Crippen molar-refractivity contribution >= 4 is 22.3 Å². The van der Waals surface area contributed by atoms with Crippen molar-refractivity contribution in [3.63, 3.8) is 0 Å². The predicted octanol–water partition coefficient (Wildman–Crippen LogP) is 3.64. The number of benzene rings is 1. The second kappa shape index (κ2) is 7.09. The van der Waals surface area contributed by atoms with E-state index in [9.17, 15) is 0 Å². The molecular formula is C18H19N7S. The molecule has 1 N–H and O–H groups in total. The summed E-state index contributed by atoms with van der Waals surface area (Å²) in [5.41, 5.74) is 2.31. The number of hydrogen-bond donors (Lipinski definition) is 1.